The highest BCUT2D eigenvalue weighted by molar-refractivity contribution is 8.35. The van der Waals surface area contributed by atoms with Gasteiger partial charge in [0.05, 0.1) is 6.01 Å². The van der Waals surface area contributed by atoms with Crippen molar-refractivity contribution >= 4 is 19.4 Å². The van der Waals surface area contributed by atoms with Crippen molar-refractivity contribution in [2.75, 3.05) is 6.61 Å². The summed E-state index contributed by atoms with van der Waals surface area (Å²) in [4.78, 5) is 13.1. The molecule has 2 fully saturated rings. The molecule has 1 aromatic rings. The Morgan fingerprint density at radius 3 is 3.11 bits per heavy atom. The number of fused-ring (bicyclic) bond motifs is 1. The molecule has 19 heavy (non-hydrogen) atoms. The van der Waals surface area contributed by atoms with Crippen molar-refractivity contribution in [2.45, 2.75) is 24.9 Å². The Labute approximate surface area is 114 Å². The van der Waals surface area contributed by atoms with E-state index in [0.29, 0.717) is 6.42 Å². The highest BCUT2D eigenvalue weighted by Gasteiger charge is 2.48. The summed E-state index contributed by atoms with van der Waals surface area (Å²) in [7, 11) is -3.17. The monoisotopic (exact) mass is 304 g/mol. The van der Waals surface area contributed by atoms with Crippen molar-refractivity contribution in [3.05, 3.63) is 17.8 Å². The van der Waals surface area contributed by atoms with Gasteiger partial charge in [-0.1, -0.05) is 0 Å². The third-order valence-corrected chi connectivity index (χ3v) is 4.58. The Kier molecular flexibility index (Phi) is 3.28. The number of aromatic nitrogens is 2. The minimum Gasteiger partial charge on any atom is -0.846 e. The van der Waals surface area contributed by atoms with Crippen molar-refractivity contribution in [1.29, 1.82) is 5.41 Å². The molecule has 0 amide bonds. The number of nitrogens with zero attached hydrogens (tertiary/aromatic N) is 2. The van der Waals surface area contributed by atoms with E-state index in [-0.39, 0.29) is 18.2 Å². The molecule has 0 aromatic carbocycles. The number of ether oxygens (including phenoxy) is 1. The maximum absolute atomic E-state index is 11.7. The van der Waals surface area contributed by atoms with Crippen LogP contribution >= 0.6 is 7.15 Å². The van der Waals surface area contributed by atoms with Crippen molar-refractivity contribution in [3.63, 3.8) is 0 Å². The normalized spacial score (nSPS) is 38.1. The zero-order chi connectivity index (χ0) is 13.6. The van der Waals surface area contributed by atoms with Crippen molar-refractivity contribution < 1.29 is 23.8 Å². The molecule has 2 N–H and O–H groups in total. The molecule has 1 unspecified atom stereocenters. The topological polar surface area (TPSA) is 113 Å². The molecule has 2 aliphatic rings. The van der Waals surface area contributed by atoms with Gasteiger partial charge in [-0.2, -0.15) is 9.05 Å². The van der Waals surface area contributed by atoms with Crippen LogP contribution in [0.15, 0.2) is 12.3 Å². The minimum absolute atomic E-state index is 0.0953. The predicted molar refractivity (Wildman–Crippen MR) is 63.4 cm³/mol. The maximum atomic E-state index is 11.7. The van der Waals surface area contributed by atoms with Crippen LogP contribution in [0.3, 0.4) is 0 Å². The standard InChI is InChI=1S/C9H12N3O5PS/c10-7-1-2-12(9(13)11-7)8-3-5-6(16-8)4-15-18(14,19)17-5/h1-2,5-6,8H,3-4H2,(H,14,19)(H2,10,11,13)/p-1/t5-,6+,8+,18?/m0/s1. The lowest BCUT2D eigenvalue weighted by atomic mass is 10.2. The summed E-state index contributed by atoms with van der Waals surface area (Å²) in [6.07, 6.45) is 0.529. The molecule has 10 heteroatoms. The summed E-state index contributed by atoms with van der Waals surface area (Å²) in [5, 5.41) is 18.9. The number of hydrogen-bond donors (Lipinski definition) is 2. The molecule has 0 aliphatic carbocycles. The summed E-state index contributed by atoms with van der Waals surface area (Å²) >= 11 is 4.78. The number of nitrogens with one attached hydrogen (secondary N) is 1. The molecule has 2 aliphatic heterocycles. The third-order valence-electron chi connectivity index (χ3n) is 2.99. The van der Waals surface area contributed by atoms with Crippen LogP contribution in [0.25, 0.3) is 0 Å². The van der Waals surface area contributed by atoms with Crippen molar-refractivity contribution in [2.24, 2.45) is 0 Å². The fraction of sp³-hybridized carbons (Fsp3) is 0.556. The van der Waals surface area contributed by atoms with Crippen LogP contribution in [-0.4, -0.2) is 33.3 Å². The lowest BCUT2D eigenvalue weighted by Gasteiger charge is -2.31. The maximum Gasteiger partial charge on any atom is 0.287 e. The molecule has 0 spiro atoms. The average Bonchev–Trinajstić information content (AvgIpc) is 2.69. The summed E-state index contributed by atoms with van der Waals surface area (Å²) < 4.78 is 17.2. The van der Waals surface area contributed by atoms with Crippen LogP contribution < -0.4 is 10.6 Å². The van der Waals surface area contributed by atoms with Crippen LogP contribution in [0.4, 0.5) is 0 Å². The van der Waals surface area contributed by atoms with Gasteiger partial charge in [-0.3, -0.25) is 5.41 Å². The first kappa shape index (κ1) is 13.3. The Bertz CT molecular complexity index is 553. The van der Waals surface area contributed by atoms with Gasteiger partial charge >= 0.3 is 0 Å². The summed E-state index contributed by atoms with van der Waals surface area (Å²) in [5.74, 6) is 0. The number of rotatable bonds is 1. The molecule has 8 nitrogen and oxygen atoms in total. The van der Waals surface area contributed by atoms with Crippen molar-refractivity contribution in [3.8, 4) is 6.01 Å². The van der Waals surface area contributed by atoms with Gasteiger partial charge in [0, 0.05) is 12.6 Å². The van der Waals surface area contributed by atoms with Crippen LogP contribution in [0.2, 0.25) is 0 Å². The van der Waals surface area contributed by atoms with E-state index >= 15 is 0 Å². The SMILES string of the molecule is N=c1ccn([C@H]2C[C@@H]3O[P+](O)([S-])OC[C@H]3O2)c([O-])n1. The van der Waals surface area contributed by atoms with Gasteiger partial charge in [0.15, 0.2) is 0 Å². The Morgan fingerprint density at radius 1 is 1.58 bits per heavy atom. The molecular weight excluding hydrogens is 293 g/mol. The van der Waals surface area contributed by atoms with E-state index in [0.717, 1.165) is 0 Å². The van der Waals surface area contributed by atoms with Gasteiger partial charge in [0.1, 0.15) is 30.5 Å². The fourth-order valence-corrected chi connectivity index (χ4v) is 3.61. The fourth-order valence-electron chi connectivity index (χ4n) is 2.13. The van der Waals surface area contributed by atoms with Crippen LogP contribution in [-0.2, 0) is 26.0 Å². The third kappa shape index (κ3) is 2.62. The first-order valence-electron chi connectivity index (χ1n) is 5.56. The molecule has 3 heterocycles. The zero-order valence-electron chi connectivity index (χ0n) is 9.63. The van der Waals surface area contributed by atoms with Gasteiger partial charge in [-0.15, -0.1) is 0 Å². The molecule has 0 bridgehead atoms. The molecule has 104 valence electrons. The smallest absolute Gasteiger partial charge is 0.287 e. The van der Waals surface area contributed by atoms with Gasteiger partial charge < -0.3 is 26.7 Å². The summed E-state index contributed by atoms with van der Waals surface area (Å²) in [5.41, 5.74) is -0.0953. The highest BCUT2D eigenvalue weighted by atomic mass is 32.7. The highest BCUT2D eigenvalue weighted by Crippen LogP contribution is 2.60. The quantitative estimate of drug-likeness (QED) is 0.524. The van der Waals surface area contributed by atoms with E-state index in [1.54, 1.807) is 0 Å². The molecule has 4 atom stereocenters. The second-order valence-corrected chi connectivity index (χ2v) is 7.07. The van der Waals surface area contributed by atoms with E-state index in [1.807, 2.05) is 0 Å². The van der Waals surface area contributed by atoms with E-state index in [1.165, 1.54) is 16.8 Å². The van der Waals surface area contributed by atoms with E-state index in [4.69, 9.17) is 31.4 Å². The van der Waals surface area contributed by atoms with Gasteiger partial charge in [-0.25, -0.2) is 9.88 Å². The lowest BCUT2D eigenvalue weighted by Crippen LogP contribution is -2.34. The molecular formula is C9H11N3O5PS-. The molecule has 1 aromatic heterocycles. The molecule has 0 radical (unpaired) electrons. The molecule has 2 saturated heterocycles. The Morgan fingerprint density at radius 2 is 2.37 bits per heavy atom. The minimum atomic E-state index is -3.17. The van der Waals surface area contributed by atoms with E-state index in [9.17, 15) is 10.00 Å². The van der Waals surface area contributed by atoms with Crippen molar-refractivity contribution in [1.82, 2.24) is 9.55 Å². The second-order valence-electron chi connectivity index (χ2n) is 4.28. The number of hydrogen-bond acceptors (Lipinski definition) is 8. The average molecular weight is 304 g/mol. The Balaban J connectivity index is 1.80. The first-order chi connectivity index (χ1) is 8.94. The summed E-state index contributed by atoms with van der Waals surface area (Å²) in [6.45, 7) is 0.146. The van der Waals surface area contributed by atoms with Gasteiger partial charge in [0.2, 0.25) is 0 Å². The molecule has 3 rings (SSSR count). The van der Waals surface area contributed by atoms with E-state index < -0.39 is 25.5 Å². The summed E-state index contributed by atoms with van der Waals surface area (Å²) in [6, 6.07) is 0.848. The van der Waals surface area contributed by atoms with Crippen LogP contribution in [0.5, 0.6) is 6.01 Å². The predicted octanol–water partition coefficient (Wildman–Crippen LogP) is -0.644. The van der Waals surface area contributed by atoms with Gasteiger partial charge in [-0.05, 0) is 6.07 Å². The zero-order valence-corrected chi connectivity index (χ0v) is 11.3. The second kappa shape index (κ2) is 4.69. The van der Waals surface area contributed by atoms with Crippen LogP contribution in [0.1, 0.15) is 12.6 Å². The van der Waals surface area contributed by atoms with Gasteiger partial charge in [0.25, 0.3) is 7.15 Å². The first-order valence-corrected chi connectivity index (χ1v) is 8.16. The largest absolute Gasteiger partial charge is 0.846 e. The van der Waals surface area contributed by atoms with E-state index in [2.05, 4.69) is 4.98 Å². The Hall–Kier alpha value is -0.700. The lowest BCUT2D eigenvalue weighted by molar-refractivity contribution is -0.290. The van der Waals surface area contributed by atoms with Crippen LogP contribution in [0, 0.1) is 5.41 Å². The molecule has 0 saturated carbocycles.